The SMILES string of the molecule is NC1CCC2CC3CC(C2)C1C3. The first-order valence-corrected chi connectivity index (χ1v) is 5.58. The third-order valence-electron chi connectivity index (χ3n) is 4.61. The van der Waals surface area contributed by atoms with Crippen LogP contribution in [0.4, 0.5) is 0 Å². The highest BCUT2D eigenvalue weighted by Crippen LogP contribution is 2.52. The molecule has 3 rings (SSSR count). The summed E-state index contributed by atoms with van der Waals surface area (Å²) in [6.07, 6.45) is 8.81. The number of hydrogen-bond acceptors (Lipinski definition) is 1. The van der Waals surface area contributed by atoms with Crippen LogP contribution in [0.15, 0.2) is 0 Å². The van der Waals surface area contributed by atoms with E-state index in [4.69, 9.17) is 5.73 Å². The lowest BCUT2D eigenvalue weighted by atomic mass is 9.80. The fraction of sp³-hybridized carbons (Fsp3) is 1.00. The summed E-state index contributed by atoms with van der Waals surface area (Å²) in [5.74, 6) is 4.09. The molecule has 0 saturated heterocycles. The molecule has 0 aromatic heterocycles. The number of rotatable bonds is 0. The summed E-state index contributed by atoms with van der Waals surface area (Å²) in [6, 6.07) is 0.560. The molecular weight excluding hydrogens is 146 g/mol. The predicted octanol–water partition coefficient (Wildman–Crippen LogP) is 2.16. The standard InChI is InChI=1S/C11H19N/c12-11-2-1-7-3-8-5-9(4-7)10(11)6-8/h7-11H,1-6,12H2. The van der Waals surface area contributed by atoms with Crippen LogP contribution in [0, 0.1) is 23.7 Å². The van der Waals surface area contributed by atoms with Crippen LogP contribution in [0.2, 0.25) is 0 Å². The van der Waals surface area contributed by atoms with Crippen molar-refractivity contribution in [3.8, 4) is 0 Å². The maximum absolute atomic E-state index is 6.20. The highest BCUT2D eigenvalue weighted by molar-refractivity contribution is 4.97. The molecule has 12 heavy (non-hydrogen) atoms. The fourth-order valence-electron chi connectivity index (χ4n) is 4.14. The summed E-state index contributed by atoms with van der Waals surface area (Å²) < 4.78 is 0. The molecule has 3 saturated carbocycles. The molecule has 0 aromatic rings. The van der Waals surface area contributed by atoms with Crippen LogP contribution in [-0.4, -0.2) is 6.04 Å². The molecule has 3 bridgehead atoms. The van der Waals surface area contributed by atoms with Gasteiger partial charge in [0.1, 0.15) is 0 Å². The molecule has 0 aromatic carbocycles. The third-order valence-corrected chi connectivity index (χ3v) is 4.61. The summed E-state index contributed by atoms with van der Waals surface area (Å²) in [7, 11) is 0. The van der Waals surface area contributed by atoms with Crippen LogP contribution in [0.1, 0.15) is 38.5 Å². The van der Waals surface area contributed by atoms with Crippen LogP contribution in [-0.2, 0) is 0 Å². The zero-order valence-electron chi connectivity index (χ0n) is 7.71. The Labute approximate surface area is 74.7 Å². The first-order chi connectivity index (χ1) is 5.83. The number of fused-ring (bicyclic) bond motifs is 2. The van der Waals surface area contributed by atoms with Gasteiger partial charge in [0.05, 0.1) is 0 Å². The Morgan fingerprint density at radius 1 is 0.833 bits per heavy atom. The predicted molar refractivity (Wildman–Crippen MR) is 49.6 cm³/mol. The van der Waals surface area contributed by atoms with E-state index in [9.17, 15) is 0 Å². The molecule has 0 radical (unpaired) electrons. The van der Waals surface area contributed by atoms with Gasteiger partial charge >= 0.3 is 0 Å². The molecular formula is C11H19N. The van der Waals surface area contributed by atoms with Gasteiger partial charge in [0.15, 0.2) is 0 Å². The van der Waals surface area contributed by atoms with Gasteiger partial charge in [0, 0.05) is 6.04 Å². The van der Waals surface area contributed by atoms with Gasteiger partial charge in [0.2, 0.25) is 0 Å². The highest BCUT2D eigenvalue weighted by atomic mass is 14.7. The molecule has 68 valence electrons. The molecule has 3 fully saturated rings. The molecule has 3 aliphatic carbocycles. The minimum absolute atomic E-state index is 0.560. The summed E-state index contributed by atoms with van der Waals surface area (Å²) in [4.78, 5) is 0. The quantitative estimate of drug-likeness (QED) is 0.585. The summed E-state index contributed by atoms with van der Waals surface area (Å²) in [6.45, 7) is 0. The molecule has 5 unspecified atom stereocenters. The van der Waals surface area contributed by atoms with Crippen molar-refractivity contribution in [2.75, 3.05) is 0 Å². The molecule has 1 nitrogen and oxygen atoms in total. The topological polar surface area (TPSA) is 26.0 Å². The van der Waals surface area contributed by atoms with E-state index in [1.807, 2.05) is 0 Å². The Morgan fingerprint density at radius 3 is 2.58 bits per heavy atom. The van der Waals surface area contributed by atoms with Crippen LogP contribution >= 0.6 is 0 Å². The van der Waals surface area contributed by atoms with Gasteiger partial charge in [-0.2, -0.15) is 0 Å². The Balaban J connectivity index is 1.90. The molecule has 0 heterocycles. The molecule has 0 amide bonds. The monoisotopic (exact) mass is 165 g/mol. The van der Waals surface area contributed by atoms with Crippen molar-refractivity contribution in [2.24, 2.45) is 29.4 Å². The molecule has 0 aliphatic heterocycles. The van der Waals surface area contributed by atoms with E-state index >= 15 is 0 Å². The Kier molecular flexibility index (Phi) is 1.52. The molecule has 5 atom stereocenters. The average molecular weight is 165 g/mol. The smallest absolute Gasteiger partial charge is 0.00700 e. The van der Waals surface area contributed by atoms with Crippen molar-refractivity contribution in [1.82, 2.24) is 0 Å². The maximum Gasteiger partial charge on any atom is 0.00700 e. The zero-order valence-corrected chi connectivity index (χ0v) is 7.71. The van der Waals surface area contributed by atoms with Gasteiger partial charge in [0.25, 0.3) is 0 Å². The Bertz CT molecular complexity index is 187. The van der Waals surface area contributed by atoms with Crippen LogP contribution in [0.5, 0.6) is 0 Å². The van der Waals surface area contributed by atoms with Crippen molar-refractivity contribution in [2.45, 2.75) is 44.6 Å². The zero-order chi connectivity index (χ0) is 8.13. The minimum atomic E-state index is 0.560. The lowest BCUT2D eigenvalue weighted by Gasteiger charge is -2.26. The van der Waals surface area contributed by atoms with Crippen molar-refractivity contribution >= 4 is 0 Å². The largest absolute Gasteiger partial charge is 0.327 e. The van der Waals surface area contributed by atoms with Crippen molar-refractivity contribution < 1.29 is 0 Å². The van der Waals surface area contributed by atoms with Gasteiger partial charge < -0.3 is 5.73 Å². The summed E-state index contributed by atoms with van der Waals surface area (Å²) in [5.41, 5.74) is 6.20. The normalized spacial score (nSPS) is 57.2. The maximum atomic E-state index is 6.20. The summed E-state index contributed by atoms with van der Waals surface area (Å²) >= 11 is 0. The van der Waals surface area contributed by atoms with Crippen LogP contribution in [0.25, 0.3) is 0 Å². The minimum Gasteiger partial charge on any atom is -0.327 e. The fourth-order valence-corrected chi connectivity index (χ4v) is 4.14. The first kappa shape index (κ1) is 7.37. The third kappa shape index (κ3) is 0.953. The van der Waals surface area contributed by atoms with Crippen molar-refractivity contribution in [3.63, 3.8) is 0 Å². The number of hydrogen-bond donors (Lipinski definition) is 1. The van der Waals surface area contributed by atoms with E-state index in [0.717, 1.165) is 23.7 Å². The van der Waals surface area contributed by atoms with Gasteiger partial charge in [-0.3, -0.25) is 0 Å². The first-order valence-electron chi connectivity index (χ1n) is 5.58. The van der Waals surface area contributed by atoms with E-state index in [1.54, 1.807) is 6.42 Å². The average Bonchev–Trinajstić information content (AvgIpc) is 2.32. The molecule has 2 N–H and O–H groups in total. The van der Waals surface area contributed by atoms with E-state index in [1.165, 1.54) is 32.1 Å². The lowest BCUT2D eigenvalue weighted by Crippen LogP contribution is -2.30. The second-order valence-corrected chi connectivity index (χ2v) is 5.34. The Hall–Kier alpha value is -0.0400. The van der Waals surface area contributed by atoms with Crippen LogP contribution in [0.3, 0.4) is 0 Å². The second kappa shape index (κ2) is 2.47. The summed E-state index contributed by atoms with van der Waals surface area (Å²) in [5, 5.41) is 0. The van der Waals surface area contributed by atoms with Gasteiger partial charge in [-0.15, -0.1) is 0 Å². The van der Waals surface area contributed by atoms with Gasteiger partial charge in [-0.05, 0) is 62.2 Å². The van der Waals surface area contributed by atoms with E-state index in [2.05, 4.69) is 0 Å². The molecule has 3 aliphatic rings. The van der Waals surface area contributed by atoms with Crippen molar-refractivity contribution in [1.29, 1.82) is 0 Å². The molecule has 0 spiro atoms. The lowest BCUT2D eigenvalue weighted by molar-refractivity contribution is 0.254. The molecule has 1 heteroatoms. The second-order valence-electron chi connectivity index (χ2n) is 5.34. The van der Waals surface area contributed by atoms with Crippen LogP contribution < -0.4 is 5.73 Å². The van der Waals surface area contributed by atoms with Crippen molar-refractivity contribution in [3.05, 3.63) is 0 Å². The highest BCUT2D eigenvalue weighted by Gasteiger charge is 2.44. The van der Waals surface area contributed by atoms with E-state index in [-0.39, 0.29) is 0 Å². The number of nitrogens with two attached hydrogens (primary N) is 1. The van der Waals surface area contributed by atoms with Gasteiger partial charge in [-0.25, -0.2) is 0 Å². The van der Waals surface area contributed by atoms with E-state index < -0.39 is 0 Å². The van der Waals surface area contributed by atoms with Gasteiger partial charge in [-0.1, -0.05) is 0 Å². The Morgan fingerprint density at radius 2 is 1.67 bits per heavy atom. The van der Waals surface area contributed by atoms with E-state index in [0.29, 0.717) is 6.04 Å².